The van der Waals surface area contributed by atoms with E-state index in [1.165, 1.54) is 9.69 Å². The highest BCUT2D eigenvalue weighted by Crippen LogP contribution is 2.38. The van der Waals surface area contributed by atoms with Crippen LogP contribution in [0.3, 0.4) is 0 Å². The number of nitrogens with zero attached hydrogens (tertiary/aromatic N) is 4. The number of hydrogen-bond donors (Lipinski definition) is 1. The average molecular weight is 450 g/mol. The number of anilines is 1. The second-order valence-electron chi connectivity index (χ2n) is 8.71. The van der Waals surface area contributed by atoms with Crippen LogP contribution in [0, 0.1) is 13.8 Å². The molecule has 3 heterocycles. The number of allylic oxidation sites excluding steroid dienone is 1. The molecule has 168 valence electrons. The average Bonchev–Trinajstić information content (AvgIpc) is 3.10. The van der Waals surface area contributed by atoms with E-state index in [0.29, 0.717) is 33.8 Å². The summed E-state index contributed by atoms with van der Waals surface area (Å²) in [6.07, 6.45) is 5.18. The smallest absolute Gasteiger partial charge is 0.280 e. The zero-order chi connectivity index (χ0) is 23.6. The molecule has 0 bridgehead atoms. The van der Waals surface area contributed by atoms with Gasteiger partial charge in [-0.05, 0) is 49.9 Å². The van der Waals surface area contributed by atoms with Crippen LogP contribution < -0.4 is 16.3 Å². The summed E-state index contributed by atoms with van der Waals surface area (Å²) < 4.78 is 3.29. The number of rotatable bonds is 2. The minimum atomic E-state index is -0.292. The van der Waals surface area contributed by atoms with Gasteiger partial charge in [0.1, 0.15) is 11.6 Å². The summed E-state index contributed by atoms with van der Waals surface area (Å²) in [7, 11) is 0. The molecule has 1 aliphatic heterocycles. The fourth-order valence-electron chi connectivity index (χ4n) is 5.01. The lowest BCUT2D eigenvalue weighted by molar-refractivity contribution is -0.114. The van der Waals surface area contributed by atoms with Gasteiger partial charge >= 0.3 is 0 Å². The van der Waals surface area contributed by atoms with E-state index in [0.717, 1.165) is 35.2 Å². The Bertz CT molecular complexity index is 1620. The van der Waals surface area contributed by atoms with E-state index >= 15 is 0 Å². The lowest BCUT2D eigenvalue weighted by Crippen LogP contribution is -2.44. The largest absolute Gasteiger partial charge is 0.385 e. The molecular formula is C27H23N5O2. The number of carbonyl (C=O) groups excluding carboxylic acids is 1. The number of nitrogens with two attached hydrogens (primary N) is 1. The first-order valence-corrected chi connectivity index (χ1v) is 11.3. The van der Waals surface area contributed by atoms with Crippen molar-refractivity contribution >= 4 is 33.9 Å². The molecule has 0 unspecified atom stereocenters. The van der Waals surface area contributed by atoms with E-state index in [1.807, 2.05) is 66.1 Å². The standard InChI is InChI=1S/C27H23N5O2/c1-16-8-6-12-20-24(16)29-17(2)32(27(20)34)30-15-22(18-9-4-3-5-10-18)31-23(28)14-19-11-7-13-21(25(19)31)26(30)33/h3-6,8-10,12-15H,7,11,28H2,1-2H3. The van der Waals surface area contributed by atoms with Crippen molar-refractivity contribution in [1.82, 2.24) is 14.2 Å². The molecule has 6 rings (SSSR count). The molecule has 7 heteroatoms. The molecule has 34 heavy (non-hydrogen) atoms. The Morgan fingerprint density at radius 2 is 1.79 bits per heavy atom. The van der Waals surface area contributed by atoms with Crippen LogP contribution in [0.15, 0.2) is 71.7 Å². The van der Waals surface area contributed by atoms with Crippen LogP contribution >= 0.6 is 0 Å². The minimum Gasteiger partial charge on any atom is -0.385 e. The van der Waals surface area contributed by atoms with E-state index in [-0.39, 0.29) is 11.5 Å². The van der Waals surface area contributed by atoms with Crippen LogP contribution in [0.4, 0.5) is 5.82 Å². The maximum Gasteiger partial charge on any atom is 0.280 e. The normalized spacial score (nSPS) is 15.1. The van der Waals surface area contributed by atoms with E-state index in [9.17, 15) is 9.59 Å². The Balaban J connectivity index is 1.69. The van der Waals surface area contributed by atoms with E-state index in [2.05, 4.69) is 0 Å². The fourth-order valence-corrected chi connectivity index (χ4v) is 5.01. The fraction of sp³-hybridized carbons (Fsp3) is 0.148. The molecule has 4 aromatic rings. The van der Waals surface area contributed by atoms with Gasteiger partial charge in [-0.25, -0.2) is 9.99 Å². The Hall–Kier alpha value is -4.39. The van der Waals surface area contributed by atoms with Gasteiger partial charge < -0.3 is 5.73 Å². The number of carbonyl (C=O) groups is 1. The van der Waals surface area contributed by atoms with Gasteiger partial charge in [-0.2, -0.15) is 4.68 Å². The lowest BCUT2D eigenvalue weighted by Gasteiger charge is -2.24. The van der Waals surface area contributed by atoms with Gasteiger partial charge in [-0.3, -0.25) is 14.2 Å². The topological polar surface area (TPSA) is 86.1 Å². The third kappa shape index (κ3) is 2.80. The molecule has 7 nitrogen and oxygen atoms in total. The van der Waals surface area contributed by atoms with E-state index in [1.54, 1.807) is 19.2 Å². The molecule has 0 spiro atoms. The van der Waals surface area contributed by atoms with Crippen molar-refractivity contribution in [2.24, 2.45) is 0 Å². The van der Waals surface area contributed by atoms with Gasteiger partial charge in [0.2, 0.25) is 0 Å². The van der Waals surface area contributed by atoms with Gasteiger partial charge in [-0.1, -0.05) is 48.5 Å². The van der Waals surface area contributed by atoms with Crippen molar-refractivity contribution in [3.63, 3.8) is 0 Å². The first-order valence-electron chi connectivity index (χ1n) is 11.3. The number of benzene rings is 2. The first kappa shape index (κ1) is 20.2. The predicted octanol–water partition coefficient (Wildman–Crippen LogP) is 3.75. The molecule has 2 aliphatic rings. The van der Waals surface area contributed by atoms with Crippen molar-refractivity contribution in [1.29, 1.82) is 0 Å². The molecule has 2 aromatic carbocycles. The highest BCUT2D eigenvalue weighted by Gasteiger charge is 2.34. The van der Waals surface area contributed by atoms with Gasteiger partial charge in [0.05, 0.1) is 34.1 Å². The Kier molecular flexibility index (Phi) is 4.35. The third-order valence-corrected chi connectivity index (χ3v) is 6.57. The summed E-state index contributed by atoms with van der Waals surface area (Å²) >= 11 is 0. The molecule has 1 aliphatic carbocycles. The molecule has 2 aromatic heterocycles. The van der Waals surface area contributed by atoms with Gasteiger partial charge in [0.25, 0.3) is 11.5 Å². The SMILES string of the molecule is Cc1cccc2c(=O)n(N3C=C(c4ccccc4)n4c(N)cc5c4C(=CCC5)C3=O)c(C)nc12. The highest BCUT2D eigenvalue weighted by molar-refractivity contribution is 6.26. The maximum absolute atomic E-state index is 14.0. The Morgan fingerprint density at radius 1 is 1.00 bits per heavy atom. The summed E-state index contributed by atoms with van der Waals surface area (Å²) in [5.41, 5.74) is 11.7. The van der Waals surface area contributed by atoms with Gasteiger partial charge in [0.15, 0.2) is 0 Å². The molecule has 0 radical (unpaired) electrons. The zero-order valence-corrected chi connectivity index (χ0v) is 18.9. The van der Waals surface area contributed by atoms with Crippen molar-refractivity contribution in [2.75, 3.05) is 10.7 Å². The van der Waals surface area contributed by atoms with Crippen molar-refractivity contribution in [3.8, 4) is 0 Å². The molecule has 0 atom stereocenters. The maximum atomic E-state index is 14.0. The molecule has 1 amide bonds. The lowest BCUT2D eigenvalue weighted by atomic mass is 9.96. The zero-order valence-electron chi connectivity index (χ0n) is 18.9. The predicted molar refractivity (Wildman–Crippen MR) is 134 cm³/mol. The number of aromatic nitrogens is 3. The number of amides is 1. The first-order chi connectivity index (χ1) is 16.5. The Morgan fingerprint density at radius 3 is 2.59 bits per heavy atom. The van der Waals surface area contributed by atoms with Crippen LogP contribution in [0.5, 0.6) is 0 Å². The third-order valence-electron chi connectivity index (χ3n) is 6.57. The molecule has 0 fully saturated rings. The van der Waals surface area contributed by atoms with Crippen molar-refractivity contribution in [3.05, 3.63) is 105 Å². The molecular weight excluding hydrogens is 426 g/mol. The highest BCUT2D eigenvalue weighted by atomic mass is 16.2. The molecule has 0 saturated heterocycles. The summed E-state index contributed by atoms with van der Waals surface area (Å²) in [6, 6.07) is 17.2. The Labute approximate surface area is 196 Å². The number of para-hydroxylation sites is 1. The van der Waals surface area contributed by atoms with Gasteiger partial charge in [0, 0.05) is 5.56 Å². The monoisotopic (exact) mass is 449 g/mol. The second-order valence-corrected chi connectivity index (χ2v) is 8.71. The van der Waals surface area contributed by atoms with Crippen molar-refractivity contribution < 1.29 is 4.79 Å². The van der Waals surface area contributed by atoms with Crippen LogP contribution in [0.2, 0.25) is 0 Å². The quantitative estimate of drug-likeness (QED) is 0.505. The van der Waals surface area contributed by atoms with E-state index in [4.69, 9.17) is 10.7 Å². The van der Waals surface area contributed by atoms with Crippen LogP contribution in [-0.2, 0) is 11.2 Å². The summed E-state index contributed by atoms with van der Waals surface area (Å²) in [4.78, 5) is 32.4. The van der Waals surface area contributed by atoms with Crippen LogP contribution in [0.1, 0.15) is 34.6 Å². The second kappa shape index (κ2) is 7.31. The minimum absolute atomic E-state index is 0.287. The number of nitrogen functional groups attached to an aromatic ring is 1. The molecule has 2 N–H and O–H groups in total. The van der Waals surface area contributed by atoms with Gasteiger partial charge in [-0.15, -0.1) is 0 Å². The molecule has 0 saturated carbocycles. The number of fused-ring (bicyclic) bond motifs is 1. The number of hydrogen-bond acceptors (Lipinski definition) is 4. The van der Waals surface area contributed by atoms with Crippen molar-refractivity contribution in [2.45, 2.75) is 26.7 Å². The summed E-state index contributed by atoms with van der Waals surface area (Å²) in [5.74, 6) is 0.698. The van der Waals surface area contributed by atoms with Crippen LogP contribution in [-0.4, -0.2) is 20.1 Å². The van der Waals surface area contributed by atoms with E-state index < -0.39 is 0 Å². The van der Waals surface area contributed by atoms with Crippen LogP contribution in [0.25, 0.3) is 22.2 Å². The number of aryl methyl sites for hydroxylation is 3. The summed E-state index contributed by atoms with van der Waals surface area (Å²) in [5, 5.41) is 1.86. The summed E-state index contributed by atoms with van der Waals surface area (Å²) in [6.45, 7) is 3.67.